The summed E-state index contributed by atoms with van der Waals surface area (Å²) in [6.07, 6.45) is 1.53. The van der Waals surface area contributed by atoms with Crippen molar-refractivity contribution in [3.05, 3.63) is 90.4 Å². The number of nitrogens with one attached hydrogen (secondary N) is 1. The van der Waals surface area contributed by atoms with E-state index in [9.17, 15) is 12.8 Å². The second-order valence-electron chi connectivity index (χ2n) is 6.31. The molecule has 1 N–H and O–H groups in total. The smallest absolute Gasteiger partial charge is 0.268 e. The van der Waals surface area contributed by atoms with Crippen molar-refractivity contribution in [3.63, 3.8) is 0 Å². The molecule has 4 rings (SSSR count). The van der Waals surface area contributed by atoms with Gasteiger partial charge in [0.25, 0.3) is 10.0 Å². The number of halogens is 1. The SMILES string of the molecule is Cc1ccc(Nc2ccc3ccn(S(=O)(=O)c4ccccc4)c3c2)c(F)c1. The van der Waals surface area contributed by atoms with Crippen LogP contribution >= 0.6 is 0 Å². The average Bonchev–Trinajstić information content (AvgIpc) is 3.09. The number of aryl methyl sites for hydroxylation is 1. The number of rotatable bonds is 4. The Bertz CT molecular complexity index is 1230. The number of nitrogens with zero attached hydrogens (tertiary/aromatic N) is 1. The summed E-state index contributed by atoms with van der Waals surface area (Å²) >= 11 is 0. The van der Waals surface area contributed by atoms with E-state index in [1.165, 1.54) is 16.2 Å². The Morgan fingerprint density at radius 3 is 2.44 bits per heavy atom. The van der Waals surface area contributed by atoms with Crippen LogP contribution in [0.25, 0.3) is 10.9 Å². The molecule has 0 radical (unpaired) electrons. The summed E-state index contributed by atoms with van der Waals surface area (Å²) in [6.45, 7) is 1.82. The van der Waals surface area contributed by atoms with Crippen molar-refractivity contribution in [2.45, 2.75) is 11.8 Å². The quantitative estimate of drug-likeness (QED) is 0.538. The van der Waals surface area contributed by atoms with Gasteiger partial charge in [0.1, 0.15) is 5.82 Å². The van der Waals surface area contributed by atoms with Gasteiger partial charge < -0.3 is 5.32 Å². The largest absolute Gasteiger partial charge is 0.353 e. The van der Waals surface area contributed by atoms with E-state index < -0.39 is 10.0 Å². The molecule has 0 fully saturated rings. The number of anilines is 2. The maximum Gasteiger partial charge on any atom is 0.268 e. The number of fused-ring (bicyclic) bond motifs is 1. The van der Waals surface area contributed by atoms with Gasteiger partial charge in [-0.3, -0.25) is 0 Å². The Balaban J connectivity index is 1.78. The minimum Gasteiger partial charge on any atom is -0.353 e. The first-order valence-electron chi connectivity index (χ1n) is 8.40. The van der Waals surface area contributed by atoms with E-state index in [0.29, 0.717) is 16.9 Å². The minimum absolute atomic E-state index is 0.213. The normalized spacial score (nSPS) is 11.6. The van der Waals surface area contributed by atoms with E-state index in [2.05, 4.69) is 5.32 Å². The zero-order valence-corrected chi connectivity index (χ0v) is 15.4. The first-order chi connectivity index (χ1) is 12.9. The van der Waals surface area contributed by atoms with E-state index in [0.717, 1.165) is 10.9 Å². The Hall–Kier alpha value is -3.12. The van der Waals surface area contributed by atoms with E-state index in [1.54, 1.807) is 60.7 Å². The van der Waals surface area contributed by atoms with Gasteiger partial charge in [0.15, 0.2) is 0 Å². The monoisotopic (exact) mass is 380 g/mol. The van der Waals surface area contributed by atoms with Gasteiger partial charge in [-0.05, 0) is 55.0 Å². The predicted octanol–water partition coefficient (Wildman–Crippen LogP) is 5.07. The van der Waals surface area contributed by atoms with Crippen LogP contribution in [0.15, 0.2) is 83.9 Å². The third-order valence-corrected chi connectivity index (χ3v) is 6.07. The predicted molar refractivity (Wildman–Crippen MR) is 105 cm³/mol. The van der Waals surface area contributed by atoms with Crippen LogP contribution in [0.5, 0.6) is 0 Å². The van der Waals surface area contributed by atoms with Crippen LogP contribution in [0.3, 0.4) is 0 Å². The lowest BCUT2D eigenvalue weighted by Crippen LogP contribution is -2.11. The Labute approximate surface area is 156 Å². The van der Waals surface area contributed by atoms with Crippen molar-refractivity contribution in [2.75, 3.05) is 5.32 Å². The molecule has 6 heteroatoms. The Morgan fingerprint density at radius 2 is 1.70 bits per heavy atom. The van der Waals surface area contributed by atoms with Crippen molar-refractivity contribution in [1.29, 1.82) is 0 Å². The zero-order valence-electron chi connectivity index (χ0n) is 14.6. The molecule has 1 heterocycles. The van der Waals surface area contributed by atoms with Crippen LogP contribution in [0.4, 0.5) is 15.8 Å². The first kappa shape index (κ1) is 17.3. The van der Waals surface area contributed by atoms with Crippen molar-refractivity contribution < 1.29 is 12.8 Å². The van der Waals surface area contributed by atoms with Crippen LogP contribution in [0, 0.1) is 12.7 Å². The lowest BCUT2D eigenvalue weighted by Gasteiger charge is -2.11. The molecule has 0 aliphatic rings. The van der Waals surface area contributed by atoms with Gasteiger partial charge in [-0.15, -0.1) is 0 Å². The summed E-state index contributed by atoms with van der Waals surface area (Å²) in [5, 5.41) is 3.80. The Morgan fingerprint density at radius 1 is 0.926 bits per heavy atom. The lowest BCUT2D eigenvalue weighted by molar-refractivity contribution is 0.589. The molecule has 4 nitrogen and oxygen atoms in total. The van der Waals surface area contributed by atoms with Gasteiger partial charge in [0, 0.05) is 17.3 Å². The highest BCUT2D eigenvalue weighted by Gasteiger charge is 2.18. The van der Waals surface area contributed by atoms with E-state index in [1.807, 2.05) is 13.0 Å². The fourth-order valence-electron chi connectivity index (χ4n) is 2.97. The highest BCUT2D eigenvalue weighted by Crippen LogP contribution is 2.27. The number of hydrogen-bond donors (Lipinski definition) is 1. The fourth-order valence-corrected chi connectivity index (χ4v) is 4.34. The van der Waals surface area contributed by atoms with Gasteiger partial charge in [-0.25, -0.2) is 16.8 Å². The highest BCUT2D eigenvalue weighted by atomic mass is 32.2. The first-order valence-corrected chi connectivity index (χ1v) is 9.84. The molecule has 3 aromatic carbocycles. The number of hydrogen-bond acceptors (Lipinski definition) is 3. The summed E-state index contributed by atoms with van der Waals surface area (Å²) < 4.78 is 41.3. The molecular weight excluding hydrogens is 363 g/mol. The van der Waals surface area contributed by atoms with Gasteiger partial charge >= 0.3 is 0 Å². The van der Waals surface area contributed by atoms with Gasteiger partial charge in [0.05, 0.1) is 16.1 Å². The van der Waals surface area contributed by atoms with E-state index in [-0.39, 0.29) is 10.7 Å². The van der Waals surface area contributed by atoms with Crippen LogP contribution in [-0.2, 0) is 10.0 Å². The molecule has 0 bridgehead atoms. The molecule has 0 atom stereocenters. The van der Waals surface area contributed by atoms with Crippen molar-refractivity contribution in [1.82, 2.24) is 3.97 Å². The van der Waals surface area contributed by atoms with Crippen LogP contribution in [0.1, 0.15) is 5.56 Å². The molecule has 0 saturated carbocycles. The summed E-state index contributed by atoms with van der Waals surface area (Å²) in [6, 6.07) is 20.2. The molecule has 27 heavy (non-hydrogen) atoms. The average molecular weight is 380 g/mol. The zero-order chi connectivity index (χ0) is 19.0. The van der Waals surface area contributed by atoms with Crippen molar-refractivity contribution in [3.8, 4) is 0 Å². The molecule has 136 valence electrons. The fraction of sp³-hybridized carbons (Fsp3) is 0.0476. The van der Waals surface area contributed by atoms with Gasteiger partial charge in [-0.1, -0.05) is 30.3 Å². The van der Waals surface area contributed by atoms with Crippen LogP contribution < -0.4 is 5.32 Å². The number of aromatic nitrogens is 1. The molecular formula is C21H17FN2O2S. The van der Waals surface area contributed by atoms with Gasteiger partial charge in [-0.2, -0.15) is 0 Å². The minimum atomic E-state index is -3.71. The van der Waals surface area contributed by atoms with Gasteiger partial charge in [0.2, 0.25) is 0 Å². The topological polar surface area (TPSA) is 51.1 Å². The maximum atomic E-state index is 14.1. The standard InChI is InChI=1S/C21H17FN2O2S/c1-15-7-10-20(19(22)13-15)23-17-9-8-16-11-12-24(21(16)14-17)27(25,26)18-5-3-2-4-6-18/h2-14,23H,1H3. The van der Waals surface area contributed by atoms with Crippen molar-refractivity contribution in [2.24, 2.45) is 0 Å². The molecule has 0 saturated heterocycles. The molecule has 1 aromatic heterocycles. The maximum absolute atomic E-state index is 14.1. The molecule has 0 unspecified atom stereocenters. The second-order valence-corrected chi connectivity index (χ2v) is 8.13. The Kier molecular flexibility index (Phi) is 4.20. The lowest BCUT2D eigenvalue weighted by atomic mass is 10.2. The summed E-state index contributed by atoms with van der Waals surface area (Å²) in [5.74, 6) is -0.359. The van der Waals surface area contributed by atoms with E-state index >= 15 is 0 Å². The molecule has 0 aliphatic carbocycles. The summed E-state index contributed by atoms with van der Waals surface area (Å²) in [5.41, 5.74) is 2.30. The highest BCUT2D eigenvalue weighted by molar-refractivity contribution is 7.90. The summed E-state index contributed by atoms with van der Waals surface area (Å²) in [4.78, 5) is 0.213. The van der Waals surface area contributed by atoms with E-state index in [4.69, 9.17) is 0 Å². The second kappa shape index (κ2) is 6.55. The third-order valence-electron chi connectivity index (χ3n) is 4.36. The van der Waals surface area contributed by atoms with Crippen LogP contribution in [0.2, 0.25) is 0 Å². The third kappa shape index (κ3) is 3.19. The molecule has 0 amide bonds. The molecule has 0 spiro atoms. The summed E-state index contributed by atoms with van der Waals surface area (Å²) in [7, 11) is -3.71. The number of benzene rings is 3. The molecule has 0 aliphatic heterocycles. The molecule has 4 aromatic rings. The van der Waals surface area contributed by atoms with Crippen LogP contribution in [-0.4, -0.2) is 12.4 Å². The van der Waals surface area contributed by atoms with Crippen molar-refractivity contribution >= 4 is 32.3 Å².